The van der Waals surface area contributed by atoms with Gasteiger partial charge in [-0.25, -0.2) is 0 Å². The Labute approximate surface area is 111 Å². The first-order valence-corrected chi connectivity index (χ1v) is 7.12. The Kier molecular flexibility index (Phi) is 7.94. The van der Waals surface area contributed by atoms with Gasteiger partial charge in [0, 0.05) is 18.3 Å². The number of nitrogens with zero attached hydrogens (tertiary/aromatic N) is 1. The molecule has 18 heavy (non-hydrogen) atoms. The second kappa shape index (κ2) is 9.69. The zero-order valence-corrected chi connectivity index (χ0v) is 11.4. The zero-order valence-electron chi connectivity index (χ0n) is 11.4. The van der Waals surface area contributed by atoms with Crippen molar-refractivity contribution >= 4 is 6.21 Å². The molecule has 0 fully saturated rings. The van der Waals surface area contributed by atoms with E-state index in [0.29, 0.717) is 5.75 Å². The van der Waals surface area contributed by atoms with E-state index in [4.69, 9.17) is 0 Å². The average molecular weight is 247 g/mol. The molecule has 0 bridgehead atoms. The lowest BCUT2D eigenvalue weighted by Gasteiger charge is -1.99. The summed E-state index contributed by atoms with van der Waals surface area (Å²) >= 11 is 0. The van der Waals surface area contributed by atoms with E-state index in [1.807, 2.05) is 18.2 Å². The number of hydrogen-bond acceptors (Lipinski definition) is 2. The van der Waals surface area contributed by atoms with Gasteiger partial charge in [0.15, 0.2) is 0 Å². The minimum Gasteiger partial charge on any atom is -0.507 e. The molecular weight excluding hydrogens is 222 g/mol. The van der Waals surface area contributed by atoms with Crippen molar-refractivity contribution < 1.29 is 5.11 Å². The van der Waals surface area contributed by atoms with Crippen LogP contribution in [-0.4, -0.2) is 17.9 Å². The third-order valence-corrected chi connectivity index (χ3v) is 3.06. The second-order valence-corrected chi connectivity index (χ2v) is 4.72. The van der Waals surface area contributed by atoms with Gasteiger partial charge in [-0.1, -0.05) is 57.6 Å². The third-order valence-electron chi connectivity index (χ3n) is 3.06. The summed E-state index contributed by atoms with van der Waals surface area (Å²) < 4.78 is 0. The van der Waals surface area contributed by atoms with Crippen LogP contribution in [0.1, 0.15) is 57.4 Å². The largest absolute Gasteiger partial charge is 0.507 e. The van der Waals surface area contributed by atoms with Gasteiger partial charge in [-0.05, 0) is 18.6 Å². The summed E-state index contributed by atoms with van der Waals surface area (Å²) in [6, 6.07) is 7.30. The van der Waals surface area contributed by atoms with E-state index in [0.717, 1.165) is 18.5 Å². The van der Waals surface area contributed by atoms with E-state index in [1.54, 1.807) is 12.3 Å². The predicted octanol–water partition coefficient (Wildman–Crippen LogP) is 4.56. The lowest BCUT2D eigenvalue weighted by molar-refractivity contribution is 0.474. The molecule has 1 rings (SSSR count). The van der Waals surface area contributed by atoms with Gasteiger partial charge in [0.05, 0.1) is 0 Å². The molecule has 0 aromatic heterocycles. The number of hydrogen-bond donors (Lipinski definition) is 1. The Hall–Kier alpha value is -1.31. The highest BCUT2D eigenvalue weighted by Crippen LogP contribution is 2.13. The fourth-order valence-electron chi connectivity index (χ4n) is 1.92. The highest BCUT2D eigenvalue weighted by atomic mass is 16.3. The average Bonchev–Trinajstić information content (AvgIpc) is 2.39. The smallest absolute Gasteiger partial charge is 0.124 e. The fourth-order valence-corrected chi connectivity index (χ4v) is 1.92. The lowest BCUT2D eigenvalue weighted by Crippen LogP contribution is -1.86. The Morgan fingerprint density at radius 1 is 1.00 bits per heavy atom. The summed E-state index contributed by atoms with van der Waals surface area (Å²) in [6.07, 6.45) is 10.9. The van der Waals surface area contributed by atoms with Crippen LogP contribution in [0.2, 0.25) is 0 Å². The molecule has 0 heterocycles. The summed E-state index contributed by atoms with van der Waals surface area (Å²) in [5, 5.41) is 9.54. The maximum atomic E-state index is 9.54. The Morgan fingerprint density at radius 3 is 2.39 bits per heavy atom. The van der Waals surface area contributed by atoms with Crippen LogP contribution in [0.3, 0.4) is 0 Å². The Morgan fingerprint density at radius 2 is 1.67 bits per heavy atom. The molecule has 100 valence electrons. The molecular formula is C16H25NO. The van der Waals surface area contributed by atoms with E-state index >= 15 is 0 Å². The van der Waals surface area contributed by atoms with Crippen LogP contribution in [0, 0.1) is 0 Å². The lowest BCUT2D eigenvalue weighted by atomic mass is 10.1. The number of rotatable bonds is 9. The molecule has 0 atom stereocenters. The molecule has 0 aliphatic rings. The molecule has 0 aliphatic carbocycles. The predicted molar refractivity (Wildman–Crippen MR) is 78.6 cm³/mol. The van der Waals surface area contributed by atoms with Gasteiger partial charge < -0.3 is 5.11 Å². The molecule has 1 aromatic carbocycles. The Bertz CT molecular complexity index is 347. The Balaban J connectivity index is 2.06. The maximum absolute atomic E-state index is 9.54. The normalized spacial score (nSPS) is 11.2. The highest BCUT2D eigenvalue weighted by Gasteiger charge is 1.94. The molecule has 1 N–H and O–H groups in total. The molecule has 0 unspecified atom stereocenters. The van der Waals surface area contributed by atoms with Crippen molar-refractivity contribution in [2.24, 2.45) is 4.99 Å². The molecule has 0 saturated carbocycles. The van der Waals surface area contributed by atoms with E-state index in [9.17, 15) is 5.11 Å². The number of phenols is 1. The number of benzene rings is 1. The zero-order chi connectivity index (χ0) is 13.1. The van der Waals surface area contributed by atoms with Crippen LogP contribution in [0.25, 0.3) is 0 Å². The second-order valence-electron chi connectivity index (χ2n) is 4.72. The number of aromatic hydroxyl groups is 1. The topological polar surface area (TPSA) is 32.6 Å². The van der Waals surface area contributed by atoms with Crippen molar-refractivity contribution in [3.63, 3.8) is 0 Å². The molecule has 0 spiro atoms. The molecule has 2 heteroatoms. The van der Waals surface area contributed by atoms with Crippen molar-refractivity contribution in [1.82, 2.24) is 0 Å². The minimum atomic E-state index is 0.306. The van der Waals surface area contributed by atoms with Gasteiger partial charge in [0.25, 0.3) is 0 Å². The van der Waals surface area contributed by atoms with Gasteiger partial charge >= 0.3 is 0 Å². The van der Waals surface area contributed by atoms with Crippen LogP contribution >= 0.6 is 0 Å². The summed E-state index contributed by atoms with van der Waals surface area (Å²) in [4.78, 5) is 4.35. The van der Waals surface area contributed by atoms with Gasteiger partial charge in [0.2, 0.25) is 0 Å². The highest BCUT2D eigenvalue weighted by molar-refractivity contribution is 5.83. The van der Waals surface area contributed by atoms with E-state index in [-0.39, 0.29) is 0 Å². The first-order chi connectivity index (χ1) is 8.84. The SMILES string of the molecule is CCCCCCCCCN=Cc1ccccc1O. The summed E-state index contributed by atoms with van der Waals surface area (Å²) in [7, 11) is 0. The quantitative estimate of drug-likeness (QED) is 0.503. The van der Waals surface area contributed by atoms with Crippen molar-refractivity contribution in [1.29, 1.82) is 0 Å². The maximum Gasteiger partial charge on any atom is 0.124 e. The van der Waals surface area contributed by atoms with Gasteiger partial charge in [-0.3, -0.25) is 4.99 Å². The van der Waals surface area contributed by atoms with Crippen molar-refractivity contribution in [3.05, 3.63) is 29.8 Å². The van der Waals surface area contributed by atoms with Crippen LogP contribution in [0.15, 0.2) is 29.3 Å². The molecule has 0 amide bonds. The van der Waals surface area contributed by atoms with Gasteiger partial charge in [0.1, 0.15) is 5.75 Å². The van der Waals surface area contributed by atoms with Crippen molar-refractivity contribution in [3.8, 4) is 5.75 Å². The van der Waals surface area contributed by atoms with E-state index < -0.39 is 0 Å². The number of phenolic OH excluding ortho intramolecular Hbond substituents is 1. The molecule has 0 aliphatic heterocycles. The third kappa shape index (κ3) is 6.43. The van der Waals surface area contributed by atoms with Crippen LogP contribution in [0.4, 0.5) is 0 Å². The summed E-state index contributed by atoms with van der Waals surface area (Å²) in [5.41, 5.74) is 0.806. The first-order valence-electron chi connectivity index (χ1n) is 7.12. The summed E-state index contributed by atoms with van der Waals surface area (Å²) in [6.45, 7) is 3.11. The standard InChI is InChI=1S/C16H25NO/c1-2-3-4-5-6-7-10-13-17-14-15-11-8-9-12-16(15)18/h8-9,11-12,14,18H,2-7,10,13H2,1H3. The number of unbranched alkanes of at least 4 members (excludes halogenated alkanes) is 6. The van der Waals surface area contributed by atoms with Gasteiger partial charge in [-0.15, -0.1) is 0 Å². The van der Waals surface area contributed by atoms with Crippen molar-refractivity contribution in [2.45, 2.75) is 51.9 Å². The van der Waals surface area contributed by atoms with E-state index in [1.165, 1.54) is 38.5 Å². The van der Waals surface area contributed by atoms with Crippen molar-refractivity contribution in [2.75, 3.05) is 6.54 Å². The van der Waals surface area contributed by atoms with Gasteiger partial charge in [-0.2, -0.15) is 0 Å². The van der Waals surface area contributed by atoms with Crippen LogP contribution in [0.5, 0.6) is 5.75 Å². The van der Waals surface area contributed by atoms with E-state index in [2.05, 4.69) is 11.9 Å². The van der Waals surface area contributed by atoms with Crippen LogP contribution < -0.4 is 0 Å². The fraction of sp³-hybridized carbons (Fsp3) is 0.562. The first kappa shape index (κ1) is 14.7. The number of aliphatic imine (C=N–C) groups is 1. The molecule has 2 nitrogen and oxygen atoms in total. The van der Waals surface area contributed by atoms with Crippen LogP contribution in [-0.2, 0) is 0 Å². The summed E-state index contributed by atoms with van der Waals surface area (Å²) in [5.74, 6) is 0.306. The number of para-hydroxylation sites is 1. The molecule has 0 radical (unpaired) electrons. The molecule has 1 aromatic rings. The minimum absolute atomic E-state index is 0.306. The monoisotopic (exact) mass is 247 g/mol. The molecule has 0 saturated heterocycles.